The van der Waals surface area contributed by atoms with Crippen LogP contribution < -0.4 is 0 Å². The smallest absolute Gasteiger partial charge is 0.218 e. The van der Waals surface area contributed by atoms with E-state index in [9.17, 15) is 8.42 Å². The lowest BCUT2D eigenvalue weighted by Crippen LogP contribution is -2.29. The number of nitrogens with zero attached hydrogens (tertiary/aromatic N) is 2. The molecular formula is C18H23N3O2S2. The number of likely N-dealkylation sites (N-methyl/N-ethyl adjacent to an activating group) is 1. The summed E-state index contributed by atoms with van der Waals surface area (Å²) in [6.07, 6.45) is 0. The molecule has 1 aromatic carbocycles. The first-order valence-electron chi connectivity index (χ1n) is 7.75. The van der Waals surface area contributed by atoms with E-state index in [0.717, 1.165) is 27.4 Å². The van der Waals surface area contributed by atoms with Gasteiger partial charge in [0.25, 0.3) is 0 Å². The Hall–Kier alpha value is -1.83. The number of aromatic amines is 1. The standard InChI is InChI=1S/C18H23N3O2S2/c1-13(24-16(4)18-14(2)19-20-15(18)3)11-21(5)25(22,23)12-17-9-7-6-8-10-17/h6-10H,1,4,11-12H2,2-3,5H3,(H,19,20). The van der Waals surface area contributed by atoms with Crippen LogP contribution in [0.1, 0.15) is 22.5 Å². The number of hydrogen-bond donors (Lipinski definition) is 1. The van der Waals surface area contributed by atoms with Crippen molar-refractivity contribution < 1.29 is 8.42 Å². The molecule has 0 bridgehead atoms. The molecule has 25 heavy (non-hydrogen) atoms. The van der Waals surface area contributed by atoms with Crippen molar-refractivity contribution in [2.45, 2.75) is 19.6 Å². The van der Waals surface area contributed by atoms with Crippen LogP contribution in [-0.4, -0.2) is 36.5 Å². The minimum Gasteiger partial charge on any atom is -0.282 e. The third kappa shape index (κ3) is 5.07. The van der Waals surface area contributed by atoms with Gasteiger partial charge in [-0.25, -0.2) is 8.42 Å². The number of aryl methyl sites for hydroxylation is 2. The van der Waals surface area contributed by atoms with E-state index >= 15 is 0 Å². The van der Waals surface area contributed by atoms with E-state index < -0.39 is 10.0 Å². The molecule has 0 aliphatic rings. The summed E-state index contributed by atoms with van der Waals surface area (Å²) in [5, 5.41) is 7.08. The van der Waals surface area contributed by atoms with Crippen molar-refractivity contribution in [2.24, 2.45) is 0 Å². The summed E-state index contributed by atoms with van der Waals surface area (Å²) in [6, 6.07) is 9.14. The van der Waals surface area contributed by atoms with Crippen LogP contribution in [0.5, 0.6) is 0 Å². The van der Waals surface area contributed by atoms with Gasteiger partial charge in [0.05, 0.1) is 11.4 Å². The largest absolute Gasteiger partial charge is 0.282 e. The Labute approximate surface area is 153 Å². The normalized spacial score (nSPS) is 11.7. The van der Waals surface area contributed by atoms with Crippen molar-refractivity contribution in [3.8, 4) is 0 Å². The lowest BCUT2D eigenvalue weighted by molar-refractivity contribution is 0.497. The van der Waals surface area contributed by atoms with E-state index in [-0.39, 0.29) is 12.3 Å². The molecule has 134 valence electrons. The molecule has 1 N–H and O–H groups in total. The lowest BCUT2D eigenvalue weighted by atomic mass is 10.2. The summed E-state index contributed by atoms with van der Waals surface area (Å²) >= 11 is 1.38. The van der Waals surface area contributed by atoms with Crippen LogP contribution >= 0.6 is 11.8 Å². The maximum Gasteiger partial charge on any atom is 0.218 e. The Kier molecular flexibility index (Phi) is 6.26. The van der Waals surface area contributed by atoms with Gasteiger partial charge in [0.15, 0.2) is 0 Å². The number of aromatic nitrogens is 2. The molecule has 0 amide bonds. The fraction of sp³-hybridized carbons (Fsp3) is 0.278. The second-order valence-electron chi connectivity index (χ2n) is 5.87. The van der Waals surface area contributed by atoms with Gasteiger partial charge in [0.2, 0.25) is 10.0 Å². The molecule has 2 aromatic rings. The lowest BCUT2D eigenvalue weighted by Gasteiger charge is -2.19. The summed E-state index contributed by atoms with van der Waals surface area (Å²) in [5.41, 5.74) is 3.53. The number of hydrogen-bond acceptors (Lipinski definition) is 4. The van der Waals surface area contributed by atoms with Gasteiger partial charge >= 0.3 is 0 Å². The van der Waals surface area contributed by atoms with Crippen molar-refractivity contribution in [1.29, 1.82) is 0 Å². The van der Waals surface area contributed by atoms with Crippen molar-refractivity contribution in [1.82, 2.24) is 14.5 Å². The molecule has 0 spiro atoms. The molecule has 0 fully saturated rings. The third-order valence-electron chi connectivity index (χ3n) is 3.74. The van der Waals surface area contributed by atoms with Gasteiger partial charge in [-0.2, -0.15) is 9.40 Å². The molecule has 0 saturated heterocycles. The number of nitrogens with one attached hydrogen (secondary N) is 1. The maximum atomic E-state index is 12.5. The van der Waals surface area contributed by atoms with Crippen LogP contribution in [0.3, 0.4) is 0 Å². The summed E-state index contributed by atoms with van der Waals surface area (Å²) < 4.78 is 26.3. The van der Waals surface area contributed by atoms with Crippen molar-refractivity contribution in [3.63, 3.8) is 0 Å². The van der Waals surface area contributed by atoms with Gasteiger partial charge in [-0.3, -0.25) is 5.10 Å². The van der Waals surface area contributed by atoms with E-state index in [1.165, 1.54) is 16.1 Å². The quantitative estimate of drug-likeness (QED) is 0.762. The fourth-order valence-corrected chi connectivity index (χ4v) is 4.74. The number of H-pyrrole nitrogens is 1. The first kappa shape index (κ1) is 19.5. The van der Waals surface area contributed by atoms with Gasteiger partial charge < -0.3 is 0 Å². The Morgan fingerprint density at radius 3 is 2.44 bits per heavy atom. The molecule has 0 aliphatic carbocycles. The van der Waals surface area contributed by atoms with Crippen molar-refractivity contribution >= 4 is 26.7 Å². The summed E-state index contributed by atoms with van der Waals surface area (Å²) in [5.74, 6) is -0.0246. The predicted molar refractivity (Wildman–Crippen MR) is 106 cm³/mol. The topological polar surface area (TPSA) is 66.1 Å². The predicted octanol–water partition coefficient (Wildman–Crippen LogP) is 3.71. The number of thioether (sulfide) groups is 1. The number of sulfonamides is 1. The summed E-state index contributed by atoms with van der Waals surface area (Å²) in [7, 11) is -1.83. The molecule has 0 radical (unpaired) electrons. The number of benzene rings is 1. The van der Waals surface area contributed by atoms with Gasteiger partial charge in [-0.1, -0.05) is 55.3 Å². The Morgan fingerprint density at radius 1 is 1.24 bits per heavy atom. The molecular weight excluding hydrogens is 354 g/mol. The average molecular weight is 378 g/mol. The molecule has 0 atom stereocenters. The van der Waals surface area contributed by atoms with Crippen LogP contribution in [0.15, 0.2) is 48.4 Å². The van der Waals surface area contributed by atoms with Crippen molar-refractivity contribution in [3.05, 3.63) is 70.9 Å². The number of rotatable bonds is 8. The zero-order valence-corrected chi connectivity index (χ0v) is 16.4. The average Bonchev–Trinajstić information content (AvgIpc) is 2.86. The highest BCUT2D eigenvalue weighted by Crippen LogP contribution is 2.34. The van der Waals surface area contributed by atoms with Crippen LogP contribution in [0.2, 0.25) is 0 Å². The Bertz CT molecular complexity index is 851. The molecule has 1 heterocycles. The first-order chi connectivity index (χ1) is 11.7. The maximum absolute atomic E-state index is 12.5. The van der Waals surface area contributed by atoms with Crippen LogP contribution in [0.25, 0.3) is 4.91 Å². The van der Waals surface area contributed by atoms with Crippen LogP contribution in [-0.2, 0) is 15.8 Å². The molecule has 1 aromatic heterocycles. The molecule has 0 unspecified atom stereocenters. The van der Waals surface area contributed by atoms with E-state index in [2.05, 4.69) is 23.4 Å². The first-order valence-corrected chi connectivity index (χ1v) is 10.2. The molecule has 0 aliphatic heterocycles. The van der Waals surface area contributed by atoms with E-state index in [0.29, 0.717) is 4.91 Å². The van der Waals surface area contributed by atoms with Crippen molar-refractivity contribution in [2.75, 3.05) is 13.6 Å². The van der Waals surface area contributed by atoms with E-state index in [4.69, 9.17) is 0 Å². The van der Waals surface area contributed by atoms with Gasteiger partial charge in [-0.15, -0.1) is 0 Å². The molecule has 0 saturated carbocycles. The third-order valence-corrected chi connectivity index (χ3v) is 6.39. The van der Waals surface area contributed by atoms with Crippen LogP contribution in [0, 0.1) is 13.8 Å². The molecule has 5 nitrogen and oxygen atoms in total. The minimum atomic E-state index is -3.40. The highest BCUT2D eigenvalue weighted by Gasteiger charge is 2.20. The second kappa shape index (κ2) is 8.03. The fourth-order valence-electron chi connectivity index (χ4n) is 2.46. The summed E-state index contributed by atoms with van der Waals surface area (Å²) in [6.45, 7) is 12.1. The SMILES string of the molecule is C=C(CN(C)S(=O)(=O)Cc1ccccc1)SC(=C)c1c(C)n[nH]c1C. The summed E-state index contributed by atoms with van der Waals surface area (Å²) in [4.78, 5) is 1.52. The second-order valence-corrected chi connectivity index (χ2v) is 9.22. The van der Waals surface area contributed by atoms with Gasteiger partial charge in [0, 0.05) is 29.8 Å². The highest BCUT2D eigenvalue weighted by molar-refractivity contribution is 8.11. The van der Waals surface area contributed by atoms with E-state index in [1.807, 2.05) is 32.0 Å². The van der Waals surface area contributed by atoms with E-state index in [1.54, 1.807) is 19.2 Å². The van der Waals surface area contributed by atoms with Gasteiger partial charge in [0.1, 0.15) is 0 Å². The van der Waals surface area contributed by atoms with Crippen LogP contribution in [0.4, 0.5) is 0 Å². The zero-order chi connectivity index (χ0) is 18.6. The monoisotopic (exact) mass is 377 g/mol. The molecule has 7 heteroatoms. The zero-order valence-electron chi connectivity index (χ0n) is 14.7. The molecule has 2 rings (SSSR count). The van der Waals surface area contributed by atoms with Gasteiger partial charge in [-0.05, 0) is 24.3 Å². The Morgan fingerprint density at radius 2 is 1.88 bits per heavy atom. The minimum absolute atomic E-state index is 0.0246. The Balaban J connectivity index is 1.98. The highest BCUT2D eigenvalue weighted by atomic mass is 32.2.